The van der Waals surface area contributed by atoms with Crippen molar-refractivity contribution in [1.82, 2.24) is 4.98 Å². The fourth-order valence-corrected chi connectivity index (χ4v) is 1.65. The van der Waals surface area contributed by atoms with Gasteiger partial charge >= 0.3 is 0 Å². The van der Waals surface area contributed by atoms with Crippen LogP contribution in [0.15, 0.2) is 41.1 Å². The fraction of sp³-hybridized carbons (Fsp3) is 0.308. The van der Waals surface area contributed by atoms with E-state index in [0.717, 1.165) is 17.9 Å². The third-order valence-electron chi connectivity index (χ3n) is 2.58. The Kier molecular flexibility index (Phi) is 3.65. The molecule has 0 saturated carbocycles. The molecular formula is C13H16N2O2. The zero-order valence-corrected chi connectivity index (χ0v) is 10.0. The number of hydrogen-bond donors (Lipinski definition) is 1. The van der Waals surface area contributed by atoms with Crippen molar-refractivity contribution in [2.75, 3.05) is 12.4 Å². The van der Waals surface area contributed by atoms with Gasteiger partial charge < -0.3 is 14.5 Å². The van der Waals surface area contributed by atoms with E-state index >= 15 is 0 Å². The van der Waals surface area contributed by atoms with Crippen LogP contribution in [0.25, 0.3) is 0 Å². The Hall–Kier alpha value is -1.97. The lowest BCUT2D eigenvalue weighted by molar-refractivity contribution is 0.398. The third kappa shape index (κ3) is 2.78. The smallest absolute Gasteiger partial charge is 0.213 e. The Balaban J connectivity index is 2.07. The van der Waals surface area contributed by atoms with Gasteiger partial charge in [0.15, 0.2) is 0 Å². The molecule has 0 aliphatic rings. The Bertz CT molecular complexity index is 437. The summed E-state index contributed by atoms with van der Waals surface area (Å²) in [7, 11) is 1.60. The highest BCUT2D eigenvalue weighted by atomic mass is 16.5. The molecule has 0 spiro atoms. The van der Waals surface area contributed by atoms with Crippen molar-refractivity contribution in [3.63, 3.8) is 0 Å². The lowest BCUT2D eigenvalue weighted by Gasteiger charge is -2.15. The number of hydrogen-bond acceptors (Lipinski definition) is 4. The highest BCUT2D eigenvalue weighted by Gasteiger charge is 2.11. The van der Waals surface area contributed by atoms with Crippen LogP contribution in [0.4, 0.5) is 5.69 Å². The third-order valence-corrected chi connectivity index (χ3v) is 2.58. The molecular weight excluding hydrogens is 216 g/mol. The largest absolute Gasteiger partial charge is 0.481 e. The molecule has 1 N–H and O–H groups in total. The summed E-state index contributed by atoms with van der Waals surface area (Å²) >= 11 is 0. The molecule has 0 bridgehead atoms. The van der Waals surface area contributed by atoms with Gasteiger partial charge in [0.25, 0.3) is 0 Å². The van der Waals surface area contributed by atoms with Crippen molar-refractivity contribution in [2.24, 2.45) is 0 Å². The van der Waals surface area contributed by atoms with Crippen molar-refractivity contribution in [3.8, 4) is 5.88 Å². The number of rotatable bonds is 5. The molecule has 1 unspecified atom stereocenters. The van der Waals surface area contributed by atoms with Crippen LogP contribution in [0.1, 0.15) is 25.1 Å². The molecule has 0 aromatic carbocycles. The van der Waals surface area contributed by atoms with Crippen molar-refractivity contribution >= 4 is 5.69 Å². The molecule has 0 aliphatic carbocycles. The van der Waals surface area contributed by atoms with E-state index in [0.29, 0.717) is 5.88 Å². The monoisotopic (exact) mass is 232 g/mol. The average Bonchev–Trinajstić information content (AvgIpc) is 2.90. The molecule has 90 valence electrons. The van der Waals surface area contributed by atoms with E-state index in [9.17, 15) is 0 Å². The van der Waals surface area contributed by atoms with E-state index in [1.807, 2.05) is 24.3 Å². The second kappa shape index (κ2) is 5.39. The van der Waals surface area contributed by atoms with Crippen LogP contribution < -0.4 is 10.1 Å². The Labute approximate surface area is 101 Å². The van der Waals surface area contributed by atoms with Crippen LogP contribution in [0.3, 0.4) is 0 Å². The molecule has 4 heteroatoms. The zero-order valence-electron chi connectivity index (χ0n) is 10.0. The molecule has 4 nitrogen and oxygen atoms in total. The molecule has 17 heavy (non-hydrogen) atoms. The van der Waals surface area contributed by atoms with E-state index in [-0.39, 0.29) is 6.04 Å². The maximum absolute atomic E-state index is 5.40. The minimum absolute atomic E-state index is 0.167. The van der Waals surface area contributed by atoms with Crippen molar-refractivity contribution in [1.29, 1.82) is 0 Å². The van der Waals surface area contributed by atoms with E-state index in [4.69, 9.17) is 9.15 Å². The number of aromatic nitrogens is 1. The number of pyridine rings is 1. The summed E-state index contributed by atoms with van der Waals surface area (Å²) in [5.41, 5.74) is 0.953. The van der Waals surface area contributed by atoms with Crippen molar-refractivity contribution in [2.45, 2.75) is 19.4 Å². The summed E-state index contributed by atoms with van der Waals surface area (Å²) < 4.78 is 10.4. The fourth-order valence-electron chi connectivity index (χ4n) is 1.65. The first-order valence-electron chi connectivity index (χ1n) is 5.63. The minimum atomic E-state index is 0.167. The predicted molar refractivity (Wildman–Crippen MR) is 66.2 cm³/mol. The Morgan fingerprint density at radius 2 is 2.29 bits per heavy atom. The molecule has 0 saturated heterocycles. The first-order valence-corrected chi connectivity index (χ1v) is 5.63. The Morgan fingerprint density at radius 3 is 2.82 bits per heavy atom. The van der Waals surface area contributed by atoms with Gasteiger partial charge in [-0.15, -0.1) is 0 Å². The lowest BCUT2D eigenvalue weighted by atomic mass is 10.1. The normalized spacial score (nSPS) is 12.1. The van der Waals surface area contributed by atoms with Gasteiger partial charge in [0, 0.05) is 6.07 Å². The summed E-state index contributed by atoms with van der Waals surface area (Å²) in [5.74, 6) is 1.55. The number of nitrogens with one attached hydrogen (secondary N) is 1. The van der Waals surface area contributed by atoms with E-state index in [1.54, 1.807) is 19.6 Å². The summed E-state index contributed by atoms with van der Waals surface area (Å²) in [6, 6.07) is 7.80. The van der Waals surface area contributed by atoms with Crippen LogP contribution in [0.2, 0.25) is 0 Å². The van der Waals surface area contributed by atoms with Crippen LogP contribution in [-0.2, 0) is 0 Å². The molecule has 0 amide bonds. The van der Waals surface area contributed by atoms with Gasteiger partial charge in [-0.1, -0.05) is 6.92 Å². The van der Waals surface area contributed by atoms with Gasteiger partial charge in [-0.3, -0.25) is 0 Å². The predicted octanol–water partition coefficient (Wildman–Crippen LogP) is 3.25. The van der Waals surface area contributed by atoms with Gasteiger partial charge in [0.1, 0.15) is 5.76 Å². The first-order chi connectivity index (χ1) is 8.33. The highest BCUT2D eigenvalue weighted by Crippen LogP contribution is 2.23. The maximum atomic E-state index is 5.40. The van der Waals surface area contributed by atoms with Crippen molar-refractivity contribution in [3.05, 3.63) is 42.5 Å². The number of ether oxygens (including phenoxy) is 1. The molecule has 2 aromatic heterocycles. The van der Waals surface area contributed by atoms with Gasteiger partial charge in [-0.2, -0.15) is 0 Å². The molecule has 0 fully saturated rings. The number of nitrogens with zero attached hydrogens (tertiary/aromatic N) is 1. The molecule has 0 aliphatic heterocycles. The van der Waals surface area contributed by atoms with Crippen LogP contribution >= 0.6 is 0 Å². The quantitative estimate of drug-likeness (QED) is 0.859. The summed E-state index contributed by atoms with van der Waals surface area (Å²) in [5, 5.41) is 3.37. The zero-order chi connectivity index (χ0) is 12.1. The van der Waals surface area contributed by atoms with Gasteiger partial charge in [-0.05, 0) is 24.6 Å². The van der Waals surface area contributed by atoms with Crippen LogP contribution in [0.5, 0.6) is 5.88 Å². The maximum Gasteiger partial charge on any atom is 0.213 e. The van der Waals surface area contributed by atoms with Gasteiger partial charge in [0.2, 0.25) is 5.88 Å². The summed E-state index contributed by atoms with van der Waals surface area (Å²) in [6.45, 7) is 2.11. The van der Waals surface area contributed by atoms with Crippen LogP contribution in [0, 0.1) is 0 Å². The highest BCUT2D eigenvalue weighted by molar-refractivity contribution is 5.43. The van der Waals surface area contributed by atoms with E-state index in [1.165, 1.54) is 0 Å². The molecule has 0 radical (unpaired) electrons. The number of methoxy groups -OCH3 is 1. The van der Waals surface area contributed by atoms with Gasteiger partial charge in [-0.25, -0.2) is 4.98 Å². The second-order valence-corrected chi connectivity index (χ2v) is 3.71. The SMILES string of the molecule is CCC(Nc1ccc(OC)nc1)c1ccco1. The van der Waals surface area contributed by atoms with Gasteiger partial charge in [0.05, 0.1) is 31.3 Å². The first kappa shape index (κ1) is 11.5. The summed E-state index contributed by atoms with van der Waals surface area (Å²) in [4.78, 5) is 4.15. The van der Waals surface area contributed by atoms with E-state index in [2.05, 4.69) is 17.2 Å². The average molecular weight is 232 g/mol. The lowest BCUT2D eigenvalue weighted by Crippen LogP contribution is -2.08. The molecule has 2 aromatic rings. The van der Waals surface area contributed by atoms with E-state index < -0.39 is 0 Å². The van der Waals surface area contributed by atoms with Crippen molar-refractivity contribution < 1.29 is 9.15 Å². The van der Waals surface area contributed by atoms with Crippen LogP contribution in [-0.4, -0.2) is 12.1 Å². The number of furan rings is 1. The Morgan fingerprint density at radius 1 is 1.41 bits per heavy atom. The topological polar surface area (TPSA) is 47.3 Å². The summed E-state index contributed by atoms with van der Waals surface area (Å²) in [6.07, 6.45) is 4.38. The number of anilines is 1. The molecule has 1 atom stereocenters. The standard InChI is InChI=1S/C13H16N2O2/c1-3-11(12-5-4-8-17-12)15-10-6-7-13(16-2)14-9-10/h4-9,11,15H,3H2,1-2H3. The second-order valence-electron chi connectivity index (χ2n) is 3.71. The molecule has 2 rings (SSSR count). The molecule has 2 heterocycles. The minimum Gasteiger partial charge on any atom is -0.481 e.